The van der Waals surface area contributed by atoms with Crippen LogP contribution in [-0.2, 0) is 43.4 Å². The summed E-state index contributed by atoms with van der Waals surface area (Å²) in [6, 6.07) is 0. The van der Waals surface area contributed by atoms with E-state index in [1.54, 1.807) is 0 Å². The molecule has 0 heterocycles. The van der Waals surface area contributed by atoms with Gasteiger partial charge in [-0.1, -0.05) is 53.9 Å². The molecular weight excluding hydrogens is 500 g/mol. The molecule has 0 rings (SSSR count). The number of rotatable bonds is 14. The minimum Gasteiger partial charge on any atom is -0.396 e. The Kier molecular flexibility index (Phi) is 50.6. The van der Waals surface area contributed by atoms with Crippen LogP contribution in [0.4, 0.5) is 0 Å². The Hall–Kier alpha value is 1.11. The first-order valence-corrected chi connectivity index (χ1v) is 11.6. The molecule has 0 saturated carbocycles. The molecule has 0 aliphatic carbocycles. The fraction of sp³-hybridized carbons (Fsp3) is 1.00. The van der Waals surface area contributed by atoms with Gasteiger partial charge in [-0.05, 0) is 31.6 Å². The molecule has 202 valence electrons. The fourth-order valence-electron chi connectivity index (χ4n) is 1.89. The Morgan fingerprint density at radius 3 is 0.939 bits per heavy atom. The second-order valence-corrected chi connectivity index (χ2v) is 7.98. The predicted octanol–water partition coefficient (Wildman–Crippen LogP) is 1.30. The Morgan fingerprint density at radius 1 is 0.545 bits per heavy atom. The van der Waals surface area contributed by atoms with Gasteiger partial charge in [0.1, 0.15) is 0 Å². The maximum atomic E-state index is 8.75. The summed E-state index contributed by atoms with van der Waals surface area (Å²) in [6.07, 6.45) is 6.89. The quantitative estimate of drug-likeness (QED) is 0.149. The van der Waals surface area contributed by atoms with Crippen LogP contribution in [0.2, 0.25) is 0 Å². The monoisotopic (exact) mass is 554 g/mol. The summed E-state index contributed by atoms with van der Waals surface area (Å²) in [4.78, 5) is 0. The van der Waals surface area contributed by atoms with Crippen molar-refractivity contribution in [3.63, 3.8) is 0 Å². The standard InChI is InChI=1S/C8H18O.2C6H14O3.C3H8O.2Ti/c1-3-5-6-8(4-2)7-9;2*1-2-6(3-7,4-8)5-9;1-2-3-4;;/h8-9H,3-7H2,1-2H3;2*7-9H,2-5H2,1H3;4H,2-3H2,1H3;;. The van der Waals surface area contributed by atoms with Crippen LogP contribution in [0.1, 0.15) is 79.6 Å². The van der Waals surface area contributed by atoms with Gasteiger partial charge < -0.3 is 40.9 Å². The van der Waals surface area contributed by atoms with Crippen LogP contribution >= 0.6 is 0 Å². The topological polar surface area (TPSA) is 162 Å². The average molecular weight is 554 g/mol. The molecule has 33 heavy (non-hydrogen) atoms. The van der Waals surface area contributed by atoms with Crippen molar-refractivity contribution in [2.45, 2.75) is 79.6 Å². The second kappa shape index (κ2) is 35.3. The normalized spacial score (nSPS) is 11.2. The Bertz CT molecular complexity index is 258. The molecule has 0 fully saturated rings. The van der Waals surface area contributed by atoms with Crippen molar-refractivity contribution in [1.29, 1.82) is 0 Å². The maximum Gasteiger partial charge on any atom is 0.0531 e. The van der Waals surface area contributed by atoms with Gasteiger partial charge in [0.25, 0.3) is 0 Å². The first-order chi connectivity index (χ1) is 14.7. The van der Waals surface area contributed by atoms with E-state index < -0.39 is 10.8 Å². The van der Waals surface area contributed by atoms with Crippen molar-refractivity contribution in [2.75, 3.05) is 52.9 Å². The van der Waals surface area contributed by atoms with Crippen LogP contribution in [0.5, 0.6) is 0 Å². The molecule has 0 spiro atoms. The van der Waals surface area contributed by atoms with Gasteiger partial charge in [-0.25, -0.2) is 0 Å². The number of hydrogen-bond acceptors (Lipinski definition) is 8. The molecule has 0 saturated heterocycles. The van der Waals surface area contributed by atoms with Crippen molar-refractivity contribution in [2.24, 2.45) is 16.7 Å². The smallest absolute Gasteiger partial charge is 0.0531 e. The van der Waals surface area contributed by atoms with Crippen LogP contribution in [0.3, 0.4) is 0 Å². The molecule has 10 heteroatoms. The number of unbranched alkanes of at least 4 members (excludes halogenated alkanes) is 1. The summed E-state index contributed by atoms with van der Waals surface area (Å²) in [5.74, 6) is 0.560. The average Bonchev–Trinajstić information content (AvgIpc) is 2.84. The zero-order valence-corrected chi connectivity index (χ0v) is 24.9. The minimum atomic E-state index is -0.667. The summed E-state index contributed by atoms with van der Waals surface area (Å²) in [5.41, 5.74) is -1.33. The van der Waals surface area contributed by atoms with E-state index in [0.717, 1.165) is 12.8 Å². The zero-order chi connectivity index (χ0) is 25.2. The second-order valence-electron chi connectivity index (χ2n) is 7.98. The summed E-state index contributed by atoms with van der Waals surface area (Å²) in [5, 5.41) is 68.6. The van der Waals surface area contributed by atoms with Crippen LogP contribution in [-0.4, -0.2) is 93.7 Å². The van der Waals surface area contributed by atoms with Gasteiger partial charge in [-0.3, -0.25) is 0 Å². The van der Waals surface area contributed by atoms with Gasteiger partial charge in [-0.15, -0.1) is 0 Å². The number of aliphatic hydroxyl groups is 8. The number of hydrogen-bond donors (Lipinski definition) is 8. The third kappa shape index (κ3) is 27.5. The summed E-state index contributed by atoms with van der Waals surface area (Å²) < 4.78 is 0. The molecular formula is C23H54O8Ti2. The van der Waals surface area contributed by atoms with Gasteiger partial charge in [0.05, 0.1) is 39.6 Å². The fourth-order valence-corrected chi connectivity index (χ4v) is 1.89. The van der Waals surface area contributed by atoms with E-state index in [2.05, 4.69) is 13.8 Å². The maximum absolute atomic E-state index is 8.75. The van der Waals surface area contributed by atoms with E-state index >= 15 is 0 Å². The molecule has 0 aromatic heterocycles. The van der Waals surface area contributed by atoms with Crippen molar-refractivity contribution in [3.8, 4) is 0 Å². The molecule has 0 amide bonds. The van der Waals surface area contributed by atoms with Crippen molar-refractivity contribution in [3.05, 3.63) is 0 Å². The van der Waals surface area contributed by atoms with Gasteiger partial charge in [0.15, 0.2) is 0 Å². The van der Waals surface area contributed by atoms with Gasteiger partial charge in [0.2, 0.25) is 0 Å². The Labute approximate surface area is 232 Å². The van der Waals surface area contributed by atoms with E-state index in [4.69, 9.17) is 40.9 Å². The van der Waals surface area contributed by atoms with Crippen LogP contribution in [0, 0.1) is 16.7 Å². The van der Waals surface area contributed by atoms with Gasteiger partial charge >= 0.3 is 0 Å². The SMILES string of the molecule is CCC(CO)(CO)CO.CCC(CO)(CO)CO.CCCCC(CC)CO.CCCO.[Ti].[Ti]. The third-order valence-corrected chi connectivity index (χ3v) is 5.54. The molecule has 8 nitrogen and oxygen atoms in total. The molecule has 8 N–H and O–H groups in total. The summed E-state index contributed by atoms with van der Waals surface area (Å²) in [6.45, 7) is 9.65. The zero-order valence-electron chi connectivity index (χ0n) is 21.8. The minimum absolute atomic E-state index is 0. The van der Waals surface area contributed by atoms with E-state index in [9.17, 15) is 0 Å². The molecule has 1 atom stereocenters. The molecule has 0 aromatic rings. The molecule has 0 aliphatic rings. The third-order valence-electron chi connectivity index (χ3n) is 5.54. The Morgan fingerprint density at radius 2 is 0.848 bits per heavy atom. The van der Waals surface area contributed by atoms with E-state index in [1.165, 1.54) is 19.3 Å². The molecule has 0 aliphatic heterocycles. The first-order valence-electron chi connectivity index (χ1n) is 11.6. The molecule has 0 radical (unpaired) electrons. The van der Waals surface area contributed by atoms with Crippen molar-refractivity contribution < 1.29 is 84.3 Å². The summed E-state index contributed by atoms with van der Waals surface area (Å²) >= 11 is 0. The Balaban J connectivity index is -0.0000000745. The molecule has 1 unspecified atom stereocenters. The number of aliphatic hydroxyl groups excluding tert-OH is 8. The van der Waals surface area contributed by atoms with Gasteiger partial charge in [-0.2, -0.15) is 0 Å². The van der Waals surface area contributed by atoms with E-state index in [-0.39, 0.29) is 83.1 Å². The van der Waals surface area contributed by atoms with Crippen LogP contribution in [0.15, 0.2) is 0 Å². The van der Waals surface area contributed by atoms with Crippen molar-refractivity contribution >= 4 is 0 Å². The van der Waals surface area contributed by atoms with E-state index in [0.29, 0.717) is 32.0 Å². The molecule has 0 bridgehead atoms. The van der Waals surface area contributed by atoms with Crippen LogP contribution < -0.4 is 0 Å². The predicted molar refractivity (Wildman–Crippen MR) is 126 cm³/mol. The molecule has 0 aromatic carbocycles. The van der Waals surface area contributed by atoms with E-state index in [1.807, 2.05) is 20.8 Å². The van der Waals surface area contributed by atoms with Gasteiger partial charge in [0, 0.05) is 67.5 Å². The van der Waals surface area contributed by atoms with Crippen molar-refractivity contribution in [1.82, 2.24) is 0 Å². The summed E-state index contributed by atoms with van der Waals surface area (Å²) in [7, 11) is 0. The van der Waals surface area contributed by atoms with Crippen LogP contribution in [0.25, 0.3) is 0 Å². The first kappa shape index (κ1) is 47.3. The largest absolute Gasteiger partial charge is 0.396 e.